The second-order valence-electron chi connectivity index (χ2n) is 5.32. The van der Waals surface area contributed by atoms with Crippen molar-refractivity contribution in [2.75, 3.05) is 13.1 Å². The smallest absolute Gasteiger partial charge is 0.246 e. The molecule has 0 saturated heterocycles. The Labute approximate surface area is 138 Å². The molecule has 0 spiro atoms. The summed E-state index contributed by atoms with van der Waals surface area (Å²) in [5.41, 5.74) is 1.75. The van der Waals surface area contributed by atoms with Gasteiger partial charge in [0.2, 0.25) is 11.8 Å². The van der Waals surface area contributed by atoms with Crippen LogP contribution >= 0.6 is 0 Å². The van der Waals surface area contributed by atoms with Gasteiger partial charge < -0.3 is 10.6 Å². The quantitative estimate of drug-likeness (QED) is 0.543. The highest BCUT2D eigenvalue weighted by molar-refractivity contribution is 5.92. The summed E-state index contributed by atoms with van der Waals surface area (Å²) in [7, 11) is 0. The fraction of sp³-hybridized carbons (Fsp3) is 0.368. The van der Waals surface area contributed by atoms with Crippen molar-refractivity contribution < 1.29 is 9.59 Å². The highest BCUT2D eigenvalue weighted by atomic mass is 16.2. The molecule has 4 heteroatoms. The zero-order valence-electron chi connectivity index (χ0n) is 14.0. The highest BCUT2D eigenvalue weighted by Gasteiger charge is 2.01. The molecule has 0 fully saturated rings. The van der Waals surface area contributed by atoms with Gasteiger partial charge >= 0.3 is 0 Å². The molecule has 23 heavy (non-hydrogen) atoms. The first kappa shape index (κ1) is 18.7. The van der Waals surface area contributed by atoms with Crippen LogP contribution in [0.15, 0.2) is 48.1 Å². The first-order valence-electron chi connectivity index (χ1n) is 8.05. The van der Waals surface area contributed by atoms with Crippen LogP contribution in [0.3, 0.4) is 0 Å². The summed E-state index contributed by atoms with van der Waals surface area (Å²) in [6, 6.07) is 9.73. The molecular weight excluding hydrogens is 288 g/mol. The second kappa shape index (κ2) is 11.2. The minimum Gasteiger partial charge on any atom is -0.353 e. The lowest BCUT2D eigenvalue weighted by Crippen LogP contribution is -2.25. The molecule has 0 aliphatic heterocycles. The molecule has 0 atom stereocenters. The Morgan fingerprint density at radius 3 is 2.30 bits per heavy atom. The number of amides is 2. The van der Waals surface area contributed by atoms with Crippen molar-refractivity contribution in [3.05, 3.63) is 53.6 Å². The molecule has 0 radical (unpaired) electrons. The lowest BCUT2D eigenvalue weighted by Gasteiger charge is -2.05. The van der Waals surface area contributed by atoms with Gasteiger partial charge in [0.25, 0.3) is 0 Å². The maximum absolute atomic E-state index is 11.6. The van der Waals surface area contributed by atoms with E-state index in [1.54, 1.807) is 25.2 Å². The number of hydrogen-bond acceptors (Lipinski definition) is 2. The van der Waals surface area contributed by atoms with Gasteiger partial charge in [0.05, 0.1) is 0 Å². The number of benzene rings is 1. The van der Waals surface area contributed by atoms with E-state index in [1.165, 1.54) is 0 Å². The number of rotatable bonds is 9. The fourth-order valence-electron chi connectivity index (χ4n) is 1.91. The molecule has 0 saturated carbocycles. The average Bonchev–Trinajstić information content (AvgIpc) is 2.59. The minimum absolute atomic E-state index is 0.00754. The Bertz CT molecular complexity index is 548. The van der Waals surface area contributed by atoms with Crippen molar-refractivity contribution >= 4 is 17.9 Å². The van der Waals surface area contributed by atoms with Gasteiger partial charge in [0, 0.05) is 24.7 Å². The number of hydrogen-bond donors (Lipinski definition) is 2. The van der Waals surface area contributed by atoms with E-state index in [2.05, 4.69) is 10.6 Å². The van der Waals surface area contributed by atoms with Crippen LogP contribution in [0, 0.1) is 0 Å². The Morgan fingerprint density at radius 1 is 1.00 bits per heavy atom. The zero-order chi connectivity index (χ0) is 16.9. The molecule has 0 aromatic heterocycles. The molecule has 0 aliphatic carbocycles. The van der Waals surface area contributed by atoms with Gasteiger partial charge in [0.1, 0.15) is 0 Å². The van der Waals surface area contributed by atoms with E-state index >= 15 is 0 Å². The number of unbranched alkanes of at least 4 members (excludes halogenated alkanes) is 2. The third-order valence-corrected chi connectivity index (χ3v) is 3.46. The van der Waals surface area contributed by atoms with Crippen LogP contribution in [0.4, 0.5) is 0 Å². The van der Waals surface area contributed by atoms with E-state index in [9.17, 15) is 9.59 Å². The van der Waals surface area contributed by atoms with Crippen molar-refractivity contribution in [3.63, 3.8) is 0 Å². The van der Waals surface area contributed by atoms with Gasteiger partial charge in [-0.1, -0.05) is 36.4 Å². The molecule has 2 N–H and O–H groups in total. The molecule has 4 nitrogen and oxygen atoms in total. The van der Waals surface area contributed by atoms with Crippen molar-refractivity contribution in [1.29, 1.82) is 0 Å². The molecular formula is C19H26N2O2. The van der Waals surface area contributed by atoms with Crippen LogP contribution < -0.4 is 10.6 Å². The standard InChI is InChI=1S/C19H26N2O2/c1-3-16(2)19(23)21-15-9-5-8-14-20-18(22)13-12-17-10-6-4-7-11-17/h3-4,6-7,10-13H,5,8-9,14-15H2,1-2H3,(H,20,22)(H,21,23)/b13-12?,16-3+. The summed E-state index contributed by atoms with van der Waals surface area (Å²) in [5, 5.41) is 5.72. The molecule has 0 aliphatic rings. The summed E-state index contributed by atoms with van der Waals surface area (Å²) < 4.78 is 0. The average molecular weight is 314 g/mol. The highest BCUT2D eigenvalue weighted by Crippen LogP contribution is 2.00. The minimum atomic E-state index is -0.0779. The third-order valence-electron chi connectivity index (χ3n) is 3.46. The van der Waals surface area contributed by atoms with Gasteiger partial charge in [-0.05, 0) is 44.7 Å². The topological polar surface area (TPSA) is 58.2 Å². The van der Waals surface area contributed by atoms with Crippen molar-refractivity contribution in [1.82, 2.24) is 10.6 Å². The van der Waals surface area contributed by atoms with Gasteiger partial charge in [-0.15, -0.1) is 0 Å². The molecule has 0 unspecified atom stereocenters. The largest absolute Gasteiger partial charge is 0.353 e. The Kier molecular flexibility index (Phi) is 9.13. The van der Waals surface area contributed by atoms with E-state index in [1.807, 2.05) is 37.3 Å². The molecule has 0 heterocycles. The maximum Gasteiger partial charge on any atom is 0.246 e. The number of carbonyl (C=O) groups excluding carboxylic acids is 2. The summed E-state index contributed by atoms with van der Waals surface area (Å²) in [4.78, 5) is 23.1. The molecule has 1 aromatic rings. The first-order chi connectivity index (χ1) is 11.1. The van der Waals surface area contributed by atoms with Crippen molar-refractivity contribution in [2.24, 2.45) is 0 Å². The van der Waals surface area contributed by atoms with Crippen LogP contribution in [-0.4, -0.2) is 24.9 Å². The fourth-order valence-corrected chi connectivity index (χ4v) is 1.91. The zero-order valence-corrected chi connectivity index (χ0v) is 14.0. The van der Waals surface area contributed by atoms with Gasteiger partial charge in [-0.3, -0.25) is 9.59 Å². The number of allylic oxidation sites excluding steroid dienone is 1. The predicted octanol–water partition coefficient (Wildman–Crippen LogP) is 3.07. The maximum atomic E-state index is 11.6. The lowest BCUT2D eigenvalue weighted by molar-refractivity contribution is -0.117. The van der Waals surface area contributed by atoms with Crippen LogP contribution in [0.5, 0.6) is 0 Å². The predicted molar refractivity (Wildman–Crippen MR) is 94.8 cm³/mol. The Morgan fingerprint density at radius 2 is 1.65 bits per heavy atom. The summed E-state index contributed by atoms with van der Waals surface area (Å²) in [5.74, 6) is -0.0854. The van der Waals surface area contributed by atoms with Gasteiger partial charge in [-0.2, -0.15) is 0 Å². The number of nitrogens with one attached hydrogen (secondary N) is 2. The summed E-state index contributed by atoms with van der Waals surface area (Å²) in [6.07, 6.45) is 7.94. The van der Waals surface area contributed by atoms with Crippen LogP contribution in [-0.2, 0) is 9.59 Å². The third kappa shape index (κ3) is 8.61. The summed E-state index contributed by atoms with van der Waals surface area (Å²) in [6.45, 7) is 4.98. The van der Waals surface area contributed by atoms with E-state index in [-0.39, 0.29) is 11.8 Å². The van der Waals surface area contributed by atoms with Crippen LogP contribution in [0.1, 0.15) is 38.7 Å². The molecule has 1 aromatic carbocycles. The lowest BCUT2D eigenvalue weighted by atomic mass is 10.2. The van der Waals surface area contributed by atoms with Crippen LogP contribution in [0.2, 0.25) is 0 Å². The van der Waals surface area contributed by atoms with Gasteiger partial charge in [0.15, 0.2) is 0 Å². The van der Waals surface area contributed by atoms with E-state index in [0.29, 0.717) is 13.1 Å². The monoisotopic (exact) mass is 314 g/mol. The SMILES string of the molecule is C/C=C(\C)C(=O)NCCCCCNC(=O)C=Cc1ccccc1. The normalized spacial score (nSPS) is 11.5. The van der Waals surface area contributed by atoms with Crippen molar-refractivity contribution in [3.8, 4) is 0 Å². The summed E-state index contributed by atoms with van der Waals surface area (Å²) >= 11 is 0. The Balaban J connectivity index is 2.05. The molecule has 2 amide bonds. The first-order valence-corrected chi connectivity index (χ1v) is 8.05. The van der Waals surface area contributed by atoms with E-state index < -0.39 is 0 Å². The van der Waals surface area contributed by atoms with Crippen LogP contribution in [0.25, 0.3) is 6.08 Å². The Hall–Kier alpha value is -2.36. The molecule has 0 bridgehead atoms. The van der Waals surface area contributed by atoms with Gasteiger partial charge in [-0.25, -0.2) is 0 Å². The van der Waals surface area contributed by atoms with E-state index in [0.717, 1.165) is 30.4 Å². The second-order valence-corrected chi connectivity index (χ2v) is 5.32. The molecule has 1 rings (SSSR count). The number of carbonyl (C=O) groups is 2. The van der Waals surface area contributed by atoms with E-state index in [4.69, 9.17) is 0 Å². The van der Waals surface area contributed by atoms with Crippen molar-refractivity contribution in [2.45, 2.75) is 33.1 Å². The molecule has 124 valence electrons.